The number of hydrogen-bond acceptors (Lipinski definition) is 3. The first-order chi connectivity index (χ1) is 12.8. The molecule has 6 nitrogen and oxygen atoms in total. The van der Waals surface area contributed by atoms with Crippen molar-refractivity contribution in [1.29, 1.82) is 0 Å². The van der Waals surface area contributed by atoms with Gasteiger partial charge in [0.2, 0.25) is 0 Å². The van der Waals surface area contributed by atoms with Gasteiger partial charge in [-0.15, -0.1) is 0 Å². The summed E-state index contributed by atoms with van der Waals surface area (Å²) in [6.45, 7) is 6.03. The van der Waals surface area contributed by atoms with Gasteiger partial charge in [-0.1, -0.05) is 12.1 Å². The normalized spacial score (nSPS) is 10.7. The number of aryl methyl sites for hydroxylation is 3. The summed E-state index contributed by atoms with van der Waals surface area (Å²) in [5, 5.41) is 4.62. The van der Waals surface area contributed by atoms with Crippen molar-refractivity contribution < 1.29 is 4.79 Å². The minimum Gasteiger partial charge on any atom is -0.297 e. The Labute approximate surface area is 160 Å². The van der Waals surface area contributed by atoms with Crippen LogP contribution in [0.1, 0.15) is 16.8 Å². The van der Waals surface area contributed by atoms with Crippen LogP contribution in [0.4, 0.5) is 16.3 Å². The number of aromatic nitrogens is 3. The van der Waals surface area contributed by atoms with E-state index in [2.05, 4.69) is 10.1 Å². The van der Waals surface area contributed by atoms with Crippen LogP contribution < -0.4 is 9.80 Å². The molecule has 140 valence electrons. The molecule has 0 aliphatic rings. The maximum Gasteiger partial charge on any atom is 0.329 e. The third kappa shape index (κ3) is 3.43. The Balaban J connectivity index is 2.02. The summed E-state index contributed by atoms with van der Waals surface area (Å²) in [6, 6.07) is 9.69. The van der Waals surface area contributed by atoms with Gasteiger partial charge < -0.3 is 0 Å². The molecular formula is C21H25N5O. The van der Waals surface area contributed by atoms with Crippen LogP contribution in [-0.4, -0.2) is 34.9 Å². The SMILES string of the molecule is Cc1cccc(N(C)C(=O)N(C)c2nn(C)c(C)c2-c2ccncc2C)c1. The van der Waals surface area contributed by atoms with E-state index in [0.717, 1.165) is 33.6 Å². The van der Waals surface area contributed by atoms with Gasteiger partial charge in [-0.05, 0) is 55.7 Å². The smallest absolute Gasteiger partial charge is 0.297 e. The fourth-order valence-electron chi connectivity index (χ4n) is 3.16. The monoisotopic (exact) mass is 363 g/mol. The summed E-state index contributed by atoms with van der Waals surface area (Å²) in [5.41, 5.74) is 5.98. The Morgan fingerprint density at radius 1 is 1.07 bits per heavy atom. The molecule has 0 aliphatic heterocycles. The molecule has 27 heavy (non-hydrogen) atoms. The third-order valence-electron chi connectivity index (χ3n) is 4.89. The van der Waals surface area contributed by atoms with E-state index >= 15 is 0 Å². The molecule has 0 atom stereocenters. The van der Waals surface area contributed by atoms with Crippen LogP contribution in [0.25, 0.3) is 11.1 Å². The average molecular weight is 363 g/mol. The summed E-state index contributed by atoms with van der Waals surface area (Å²) >= 11 is 0. The lowest BCUT2D eigenvalue weighted by molar-refractivity contribution is 0.253. The molecule has 0 radical (unpaired) electrons. The number of rotatable bonds is 3. The molecule has 0 bridgehead atoms. The molecule has 0 saturated carbocycles. The van der Waals surface area contributed by atoms with Gasteiger partial charge in [0.15, 0.2) is 5.82 Å². The van der Waals surface area contributed by atoms with Crippen molar-refractivity contribution in [2.75, 3.05) is 23.9 Å². The lowest BCUT2D eigenvalue weighted by Crippen LogP contribution is -2.39. The number of carbonyl (C=O) groups excluding carboxylic acids is 1. The van der Waals surface area contributed by atoms with E-state index in [9.17, 15) is 4.79 Å². The van der Waals surface area contributed by atoms with E-state index in [0.29, 0.717) is 5.82 Å². The second kappa shape index (κ2) is 7.23. The molecule has 2 amide bonds. The molecule has 0 spiro atoms. The maximum atomic E-state index is 13.1. The van der Waals surface area contributed by atoms with Crippen LogP contribution >= 0.6 is 0 Å². The Kier molecular flexibility index (Phi) is 4.99. The largest absolute Gasteiger partial charge is 0.329 e. The van der Waals surface area contributed by atoms with Crippen LogP contribution in [0.3, 0.4) is 0 Å². The maximum absolute atomic E-state index is 13.1. The van der Waals surface area contributed by atoms with Gasteiger partial charge in [0, 0.05) is 50.5 Å². The second-order valence-electron chi connectivity index (χ2n) is 6.84. The van der Waals surface area contributed by atoms with Crippen LogP contribution in [0.5, 0.6) is 0 Å². The molecule has 0 saturated heterocycles. The topological polar surface area (TPSA) is 54.3 Å². The molecule has 0 fully saturated rings. The van der Waals surface area contributed by atoms with E-state index in [1.54, 1.807) is 34.8 Å². The fraction of sp³-hybridized carbons (Fsp3) is 0.286. The molecule has 0 N–H and O–H groups in total. The van der Waals surface area contributed by atoms with Crippen LogP contribution in [-0.2, 0) is 7.05 Å². The summed E-state index contributed by atoms with van der Waals surface area (Å²) in [5.74, 6) is 0.633. The first-order valence-electron chi connectivity index (χ1n) is 8.84. The number of nitrogens with zero attached hydrogens (tertiary/aromatic N) is 5. The van der Waals surface area contributed by atoms with Crippen molar-refractivity contribution in [3.63, 3.8) is 0 Å². The zero-order chi connectivity index (χ0) is 19.7. The molecule has 0 unspecified atom stereocenters. The second-order valence-corrected chi connectivity index (χ2v) is 6.84. The van der Waals surface area contributed by atoms with Gasteiger partial charge in [-0.3, -0.25) is 19.5 Å². The first-order valence-corrected chi connectivity index (χ1v) is 8.84. The number of pyridine rings is 1. The van der Waals surface area contributed by atoms with Crippen molar-refractivity contribution in [3.8, 4) is 11.1 Å². The molecule has 2 aromatic heterocycles. The van der Waals surface area contributed by atoms with Crippen molar-refractivity contribution >= 4 is 17.5 Å². The zero-order valence-corrected chi connectivity index (χ0v) is 16.7. The molecular weight excluding hydrogens is 338 g/mol. The van der Waals surface area contributed by atoms with Gasteiger partial charge in [-0.2, -0.15) is 5.10 Å². The van der Waals surface area contributed by atoms with Gasteiger partial charge in [0.05, 0.1) is 0 Å². The van der Waals surface area contributed by atoms with Gasteiger partial charge >= 0.3 is 6.03 Å². The summed E-state index contributed by atoms with van der Waals surface area (Å²) in [4.78, 5) is 20.6. The van der Waals surface area contributed by atoms with Gasteiger partial charge in [0.25, 0.3) is 0 Å². The lowest BCUT2D eigenvalue weighted by atomic mass is 10.0. The highest BCUT2D eigenvalue weighted by Gasteiger charge is 2.25. The van der Waals surface area contributed by atoms with E-state index in [1.165, 1.54) is 0 Å². The standard InChI is InChI=1S/C21H25N5O/c1-14-8-7-9-17(12-14)24(4)21(27)25(5)20-19(16(3)26(6)23-20)18-10-11-22-13-15(18)2/h7-13H,1-6H3. The Morgan fingerprint density at radius 2 is 1.81 bits per heavy atom. The molecule has 0 aliphatic carbocycles. The van der Waals surface area contributed by atoms with Crippen LogP contribution in [0, 0.1) is 20.8 Å². The molecule has 3 aromatic rings. The van der Waals surface area contributed by atoms with Crippen LogP contribution in [0.2, 0.25) is 0 Å². The molecule has 3 rings (SSSR count). The quantitative estimate of drug-likeness (QED) is 0.704. The number of benzene rings is 1. The van der Waals surface area contributed by atoms with E-state index in [4.69, 9.17) is 0 Å². The Hall–Kier alpha value is -3.15. The minimum absolute atomic E-state index is 0.147. The summed E-state index contributed by atoms with van der Waals surface area (Å²) in [6.07, 6.45) is 3.59. The lowest BCUT2D eigenvalue weighted by Gasteiger charge is -2.25. The number of urea groups is 1. The van der Waals surface area contributed by atoms with Crippen molar-refractivity contribution in [1.82, 2.24) is 14.8 Å². The minimum atomic E-state index is -0.147. The average Bonchev–Trinajstić information content (AvgIpc) is 2.95. The first kappa shape index (κ1) is 18.6. The van der Waals surface area contributed by atoms with Crippen molar-refractivity contribution in [2.24, 2.45) is 7.05 Å². The zero-order valence-electron chi connectivity index (χ0n) is 16.7. The Morgan fingerprint density at radius 3 is 2.48 bits per heavy atom. The van der Waals surface area contributed by atoms with Gasteiger partial charge in [-0.25, -0.2) is 4.79 Å². The fourth-order valence-corrected chi connectivity index (χ4v) is 3.16. The predicted molar refractivity (Wildman–Crippen MR) is 109 cm³/mol. The molecule has 1 aromatic carbocycles. The number of hydrogen-bond donors (Lipinski definition) is 0. The summed E-state index contributed by atoms with van der Waals surface area (Å²) < 4.78 is 1.81. The highest BCUT2D eigenvalue weighted by Crippen LogP contribution is 2.34. The highest BCUT2D eigenvalue weighted by molar-refractivity contribution is 6.04. The van der Waals surface area contributed by atoms with E-state index in [-0.39, 0.29) is 6.03 Å². The number of amides is 2. The number of anilines is 2. The van der Waals surface area contributed by atoms with E-state index in [1.807, 2.05) is 64.3 Å². The third-order valence-corrected chi connectivity index (χ3v) is 4.89. The van der Waals surface area contributed by atoms with Gasteiger partial charge in [0.1, 0.15) is 0 Å². The van der Waals surface area contributed by atoms with Crippen LogP contribution in [0.15, 0.2) is 42.7 Å². The van der Waals surface area contributed by atoms with E-state index < -0.39 is 0 Å². The Bertz CT molecular complexity index is 992. The molecule has 2 heterocycles. The molecule has 6 heteroatoms. The van der Waals surface area contributed by atoms with Crippen molar-refractivity contribution in [2.45, 2.75) is 20.8 Å². The van der Waals surface area contributed by atoms with Crippen molar-refractivity contribution in [3.05, 3.63) is 59.5 Å². The highest BCUT2D eigenvalue weighted by atomic mass is 16.2. The predicted octanol–water partition coefficient (Wildman–Crippen LogP) is 4.10. The number of carbonyl (C=O) groups is 1. The summed E-state index contributed by atoms with van der Waals surface area (Å²) in [7, 11) is 5.43.